The SMILES string of the molecule is CCCCCCN=C(N)NCCSC. The number of nitrogens with zero attached hydrogens (tertiary/aromatic N) is 1. The van der Waals surface area contributed by atoms with Gasteiger partial charge in [-0.2, -0.15) is 11.8 Å². The van der Waals surface area contributed by atoms with Gasteiger partial charge in [-0.3, -0.25) is 4.99 Å². The van der Waals surface area contributed by atoms with E-state index in [0.717, 1.165) is 25.3 Å². The first-order valence-corrected chi connectivity index (χ1v) is 6.73. The molecule has 0 bridgehead atoms. The van der Waals surface area contributed by atoms with E-state index in [2.05, 4.69) is 23.5 Å². The molecule has 3 N–H and O–H groups in total. The van der Waals surface area contributed by atoms with Gasteiger partial charge in [0.1, 0.15) is 0 Å². The molecule has 0 aliphatic carbocycles. The predicted octanol–water partition coefficient (Wildman–Crippen LogP) is 1.83. The molecule has 0 aliphatic heterocycles. The van der Waals surface area contributed by atoms with E-state index in [0.29, 0.717) is 5.96 Å². The molecule has 0 fully saturated rings. The molecule has 0 atom stereocenters. The van der Waals surface area contributed by atoms with Gasteiger partial charge in [0, 0.05) is 18.8 Å². The summed E-state index contributed by atoms with van der Waals surface area (Å²) in [5, 5.41) is 3.08. The van der Waals surface area contributed by atoms with Crippen molar-refractivity contribution >= 4 is 17.7 Å². The van der Waals surface area contributed by atoms with Gasteiger partial charge in [0.2, 0.25) is 0 Å². The van der Waals surface area contributed by atoms with Gasteiger partial charge in [0.25, 0.3) is 0 Å². The largest absolute Gasteiger partial charge is 0.370 e. The molecule has 0 radical (unpaired) electrons. The second-order valence-corrected chi connectivity index (χ2v) is 4.23. The highest BCUT2D eigenvalue weighted by Gasteiger charge is 1.90. The number of hydrogen-bond acceptors (Lipinski definition) is 2. The number of thioether (sulfide) groups is 1. The number of unbranched alkanes of at least 4 members (excludes halogenated alkanes) is 3. The van der Waals surface area contributed by atoms with Gasteiger partial charge in [-0.25, -0.2) is 0 Å². The van der Waals surface area contributed by atoms with Gasteiger partial charge < -0.3 is 11.1 Å². The zero-order valence-electron chi connectivity index (χ0n) is 9.38. The molecule has 0 aromatic rings. The van der Waals surface area contributed by atoms with Crippen molar-refractivity contribution in [3.8, 4) is 0 Å². The number of aliphatic imine (C=N–C) groups is 1. The van der Waals surface area contributed by atoms with Crippen molar-refractivity contribution < 1.29 is 0 Å². The summed E-state index contributed by atoms with van der Waals surface area (Å²) in [6.07, 6.45) is 7.07. The smallest absolute Gasteiger partial charge is 0.188 e. The third-order valence-electron chi connectivity index (χ3n) is 1.91. The van der Waals surface area contributed by atoms with E-state index < -0.39 is 0 Å². The van der Waals surface area contributed by atoms with E-state index in [-0.39, 0.29) is 0 Å². The average Bonchev–Trinajstić information content (AvgIpc) is 2.18. The van der Waals surface area contributed by atoms with Crippen LogP contribution < -0.4 is 11.1 Å². The van der Waals surface area contributed by atoms with Gasteiger partial charge in [0.15, 0.2) is 5.96 Å². The first-order chi connectivity index (χ1) is 6.81. The lowest BCUT2D eigenvalue weighted by atomic mass is 10.2. The van der Waals surface area contributed by atoms with Gasteiger partial charge >= 0.3 is 0 Å². The Morgan fingerprint density at radius 1 is 1.36 bits per heavy atom. The van der Waals surface area contributed by atoms with Gasteiger partial charge in [-0.15, -0.1) is 0 Å². The Bertz CT molecular complexity index is 148. The fraction of sp³-hybridized carbons (Fsp3) is 0.900. The van der Waals surface area contributed by atoms with Gasteiger partial charge in [0.05, 0.1) is 0 Å². The van der Waals surface area contributed by atoms with E-state index in [1.165, 1.54) is 19.3 Å². The number of nitrogens with one attached hydrogen (secondary N) is 1. The van der Waals surface area contributed by atoms with Crippen molar-refractivity contribution in [1.82, 2.24) is 5.32 Å². The minimum Gasteiger partial charge on any atom is -0.370 e. The van der Waals surface area contributed by atoms with E-state index in [9.17, 15) is 0 Å². The Balaban J connectivity index is 3.27. The summed E-state index contributed by atoms with van der Waals surface area (Å²) in [7, 11) is 0. The first-order valence-electron chi connectivity index (χ1n) is 5.34. The summed E-state index contributed by atoms with van der Waals surface area (Å²) >= 11 is 1.81. The molecular weight excluding hydrogens is 194 g/mol. The van der Waals surface area contributed by atoms with E-state index >= 15 is 0 Å². The summed E-state index contributed by atoms with van der Waals surface area (Å²) in [6.45, 7) is 3.98. The fourth-order valence-electron chi connectivity index (χ4n) is 1.08. The number of rotatable bonds is 8. The molecule has 4 heteroatoms. The topological polar surface area (TPSA) is 50.4 Å². The molecule has 0 unspecified atom stereocenters. The van der Waals surface area contributed by atoms with Crippen LogP contribution in [0.5, 0.6) is 0 Å². The standard InChI is InChI=1S/C10H23N3S/c1-3-4-5-6-7-12-10(11)13-8-9-14-2/h3-9H2,1-2H3,(H3,11,12,13). The summed E-state index contributed by atoms with van der Waals surface area (Å²) in [4.78, 5) is 4.24. The maximum atomic E-state index is 5.66. The monoisotopic (exact) mass is 217 g/mol. The molecule has 0 heterocycles. The normalized spacial score (nSPS) is 11.7. The fourth-order valence-corrected chi connectivity index (χ4v) is 1.38. The molecule has 14 heavy (non-hydrogen) atoms. The van der Waals surface area contributed by atoms with Crippen LogP contribution in [-0.4, -0.2) is 31.1 Å². The van der Waals surface area contributed by atoms with Gasteiger partial charge in [-0.1, -0.05) is 26.2 Å². The number of hydrogen-bond donors (Lipinski definition) is 2. The average molecular weight is 217 g/mol. The van der Waals surface area contributed by atoms with Crippen LogP contribution in [-0.2, 0) is 0 Å². The maximum absolute atomic E-state index is 5.66. The highest BCUT2D eigenvalue weighted by Crippen LogP contribution is 1.98. The summed E-state index contributed by atoms with van der Waals surface area (Å²) in [5.41, 5.74) is 5.66. The number of guanidine groups is 1. The molecule has 0 spiro atoms. The van der Waals surface area contributed by atoms with Crippen molar-refractivity contribution in [2.75, 3.05) is 25.1 Å². The van der Waals surface area contributed by atoms with Crippen LogP contribution in [0.1, 0.15) is 32.6 Å². The second kappa shape index (κ2) is 10.7. The van der Waals surface area contributed by atoms with E-state index in [4.69, 9.17) is 5.73 Å². The first kappa shape index (κ1) is 13.6. The van der Waals surface area contributed by atoms with Crippen LogP contribution in [0.15, 0.2) is 4.99 Å². The molecular formula is C10H23N3S. The highest BCUT2D eigenvalue weighted by molar-refractivity contribution is 7.98. The minimum absolute atomic E-state index is 0.593. The third kappa shape index (κ3) is 9.71. The Morgan fingerprint density at radius 2 is 2.14 bits per heavy atom. The molecule has 0 aromatic heterocycles. The third-order valence-corrected chi connectivity index (χ3v) is 2.52. The summed E-state index contributed by atoms with van der Waals surface area (Å²) in [6, 6.07) is 0. The lowest BCUT2D eigenvalue weighted by Crippen LogP contribution is -2.33. The molecule has 0 amide bonds. The molecule has 0 rings (SSSR count). The maximum Gasteiger partial charge on any atom is 0.188 e. The van der Waals surface area contributed by atoms with Gasteiger partial charge in [-0.05, 0) is 12.7 Å². The van der Waals surface area contributed by atoms with E-state index in [1.807, 2.05) is 0 Å². The van der Waals surface area contributed by atoms with Crippen molar-refractivity contribution in [3.05, 3.63) is 0 Å². The van der Waals surface area contributed by atoms with Crippen LogP contribution in [0.2, 0.25) is 0 Å². The molecule has 0 saturated carbocycles. The zero-order chi connectivity index (χ0) is 10.6. The Labute approximate surface area is 91.9 Å². The molecule has 0 aliphatic rings. The molecule has 84 valence electrons. The molecule has 0 aromatic carbocycles. The van der Waals surface area contributed by atoms with Crippen LogP contribution >= 0.6 is 11.8 Å². The van der Waals surface area contributed by atoms with Crippen LogP contribution in [0.3, 0.4) is 0 Å². The number of nitrogens with two attached hydrogens (primary N) is 1. The van der Waals surface area contributed by atoms with Crippen molar-refractivity contribution in [3.63, 3.8) is 0 Å². The van der Waals surface area contributed by atoms with Crippen molar-refractivity contribution in [2.24, 2.45) is 10.7 Å². The zero-order valence-corrected chi connectivity index (χ0v) is 10.2. The lowest BCUT2D eigenvalue weighted by molar-refractivity contribution is 0.673. The summed E-state index contributed by atoms with van der Waals surface area (Å²) < 4.78 is 0. The quantitative estimate of drug-likeness (QED) is 0.370. The van der Waals surface area contributed by atoms with Crippen LogP contribution in [0.4, 0.5) is 0 Å². The highest BCUT2D eigenvalue weighted by atomic mass is 32.2. The lowest BCUT2D eigenvalue weighted by Gasteiger charge is -2.03. The minimum atomic E-state index is 0.593. The Kier molecular flexibility index (Phi) is 10.4. The van der Waals surface area contributed by atoms with Crippen molar-refractivity contribution in [2.45, 2.75) is 32.6 Å². The second-order valence-electron chi connectivity index (χ2n) is 3.25. The van der Waals surface area contributed by atoms with Crippen molar-refractivity contribution in [1.29, 1.82) is 0 Å². The molecule has 0 saturated heterocycles. The Hall–Kier alpha value is -0.380. The van der Waals surface area contributed by atoms with E-state index in [1.54, 1.807) is 11.8 Å². The Morgan fingerprint density at radius 3 is 2.79 bits per heavy atom. The van der Waals surface area contributed by atoms with Crippen LogP contribution in [0.25, 0.3) is 0 Å². The van der Waals surface area contributed by atoms with Crippen LogP contribution in [0, 0.1) is 0 Å². The molecule has 3 nitrogen and oxygen atoms in total. The summed E-state index contributed by atoms with van der Waals surface area (Å²) in [5.74, 6) is 1.67. The predicted molar refractivity (Wildman–Crippen MR) is 67.0 cm³/mol.